The molecule has 6 nitrogen and oxygen atoms in total. The van der Waals surface area contributed by atoms with E-state index in [0.29, 0.717) is 17.0 Å². The molecule has 0 amide bonds. The Balaban J connectivity index is 2.18. The van der Waals surface area contributed by atoms with E-state index in [4.69, 9.17) is 0 Å². The van der Waals surface area contributed by atoms with Crippen molar-refractivity contribution in [3.05, 3.63) is 6.33 Å². The number of fused-ring (bicyclic) bond motifs is 1. The van der Waals surface area contributed by atoms with E-state index in [1.54, 1.807) is 6.33 Å². The molecule has 0 atom stereocenters. The third kappa shape index (κ3) is 3.56. The highest BCUT2D eigenvalue weighted by atomic mass is 15.2. The van der Waals surface area contributed by atoms with Gasteiger partial charge < -0.3 is 15.6 Å². The van der Waals surface area contributed by atoms with Crippen molar-refractivity contribution in [3.63, 3.8) is 0 Å². The lowest BCUT2D eigenvalue weighted by Crippen LogP contribution is -2.14. The highest BCUT2D eigenvalue weighted by Crippen LogP contribution is 2.21. The SMILES string of the molecule is CCNc1nc(NCCC(C)(C)C)c2[nH]cnc2n1. The van der Waals surface area contributed by atoms with Crippen LogP contribution in [0.4, 0.5) is 11.8 Å². The molecule has 0 aliphatic rings. The fourth-order valence-electron chi connectivity index (χ4n) is 1.75. The summed E-state index contributed by atoms with van der Waals surface area (Å²) in [5.41, 5.74) is 1.84. The summed E-state index contributed by atoms with van der Waals surface area (Å²) in [6.45, 7) is 10.4. The number of aromatic nitrogens is 4. The molecule has 0 radical (unpaired) electrons. The second-order valence-corrected chi connectivity index (χ2v) is 5.76. The third-order valence-electron chi connectivity index (χ3n) is 2.79. The van der Waals surface area contributed by atoms with Crippen molar-refractivity contribution in [2.24, 2.45) is 5.41 Å². The van der Waals surface area contributed by atoms with Gasteiger partial charge in [0.1, 0.15) is 5.52 Å². The maximum Gasteiger partial charge on any atom is 0.226 e. The number of nitrogens with zero attached hydrogens (tertiary/aromatic N) is 3. The van der Waals surface area contributed by atoms with Crippen LogP contribution < -0.4 is 10.6 Å². The second kappa shape index (κ2) is 5.42. The van der Waals surface area contributed by atoms with E-state index in [2.05, 4.69) is 51.3 Å². The minimum atomic E-state index is 0.303. The van der Waals surface area contributed by atoms with Crippen molar-refractivity contribution < 1.29 is 0 Å². The minimum absolute atomic E-state index is 0.303. The summed E-state index contributed by atoms with van der Waals surface area (Å²) < 4.78 is 0. The van der Waals surface area contributed by atoms with E-state index in [1.807, 2.05) is 6.92 Å². The maximum absolute atomic E-state index is 4.48. The van der Waals surface area contributed by atoms with Crippen molar-refractivity contribution in [2.45, 2.75) is 34.1 Å². The Hall–Kier alpha value is -1.85. The number of aromatic amines is 1. The van der Waals surface area contributed by atoms with E-state index in [-0.39, 0.29) is 0 Å². The fourth-order valence-corrected chi connectivity index (χ4v) is 1.75. The predicted molar refractivity (Wildman–Crippen MR) is 78.4 cm³/mol. The van der Waals surface area contributed by atoms with Crippen LogP contribution in [0.25, 0.3) is 11.2 Å². The quantitative estimate of drug-likeness (QED) is 0.772. The molecule has 0 unspecified atom stereocenters. The molecule has 2 rings (SSSR count). The molecule has 0 aliphatic heterocycles. The molecule has 0 saturated carbocycles. The third-order valence-corrected chi connectivity index (χ3v) is 2.79. The first-order valence-corrected chi connectivity index (χ1v) is 6.68. The summed E-state index contributed by atoms with van der Waals surface area (Å²) in [6, 6.07) is 0. The zero-order valence-electron chi connectivity index (χ0n) is 12.0. The smallest absolute Gasteiger partial charge is 0.226 e. The van der Waals surface area contributed by atoms with Crippen LogP contribution >= 0.6 is 0 Å². The number of nitrogens with one attached hydrogen (secondary N) is 3. The van der Waals surface area contributed by atoms with Gasteiger partial charge in [-0.25, -0.2) is 4.98 Å². The molecule has 3 N–H and O–H groups in total. The average Bonchev–Trinajstić information content (AvgIpc) is 2.76. The van der Waals surface area contributed by atoms with E-state index in [1.165, 1.54) is 0 Å². The first kappa shape index (κ1) is 13.6. The summed E-state index contributed by atoms with van der Waals surface area (Å²) in [6.07, 6.45) is 2.72. The number of anilines is 2. The van der Waals surface area contributed by atoms with Gasteiger partial charge in [-0.3, -0.25) is 0 Å². The zero-order valence-corrected chi connectivity index (χ0v) is 12.0. The molecule has 104 valence electrons. The van der Waals surface area contributed by atoms with Gasteiger partial charge in [-0.2, -0.15) is 9.97 Å². The standard InChI is InChI=1S/C13H22N6/c1-5-14-12-18-10(15-7-6-13(2,3)4)9-11(19-12)17-8-16-9/h8H,5-7H2,1-4H3,(H3,14,15,16,17,18,19). The summed E-state index contributed by atoms with van der Waals surface area (Å²) in [7, 11) is 0. The van der Waals surface area contributed by atoms with Crippen LogP contribution in [-0.4, -0.2) is 33.0 Å². The summed E-state index contributed by atoms with van der Waals surface area (Å²) in [5.74, 6) is 1.42. The number of imidazole rings is 1. The van der Waals surface area contributed by atoms with Crippen LogP contribution in [0.15, 0.2) is 6.33 Å². The van der Waals surface area contributed by atoms with Crippen LogP contribution in [-0.2, 0) is 0 Å². The molecule has 0 saturated heterocycles. The molecule has 2 heterocycles. The lowest BCUT2D eigenvalue weighted by Gasteiger charge is -2.18. The Morgan fingerprint density at radius 3 is 2.68 bits per heavy atom. The lowest BCUT2D eigenvalue weighted by atomic mass is 9.92. The minimum Gasteiger partial charge on any atom is -0.368 e. The van der Waals surface area contributed by atoms with Gasteiger partial charge in [0.25, 0.3) is 0 Å². The molecule has 0 spiro atoms. The highest BCUT2D eigenvalue weighted by Gasteiger charge is 2.12. The monoisotopic (exact) mass is 262 g/mol. The van der Waals surface area contributed by atoms with Gasteiger partial charge in [0.15, 0.2) is 11.5 Å². The van der Waals surface area contributed by atoms with Gasteiger partial charge in [0.05, 0.1) is 6.33 Å². The molecule has 2 aromatic heterocycles. The van der Waals surface area contributed by atoms with Crippen molar-refractivity contribution >= 4 is 22.9 Å². The average molecular weight is 262 g/mol. The van der Waals surface area contributed by atoms with Crippen molar-refractivity contribution in [1.82, 2.24) is 19.9 Å². The van der Waals surface area contributed by atoms with Crippen LogP contribution in [0.3, 0.4) is 0 Å². The van der Waals surface area contributed by atoms with Crippen LogP contribution in [0.1, 0.15) is 34.1 Å². The molecule has 0 aliphatic carbocycles. The number of hydrogen-bond donors (Lipinski definition) is 3. The number of hydrogen-bond acceptors (Lipinski definition) is 5. The Morgan fingerprint density at radius 1 is 1.21 bits per heavy atom. The van der Waals surface area contributed by atoms with Crippen LogP contribution in [0, 0.1) is 5.41 Å². The molecule has 0 fully saturated rings. The highest BCUT2D eigenvalue weighted by molar-refractivity contribution is 5.83. The molecule has 0 bridgehead atoms. The molecule has 2 aromatic rings. The summed E-state index contributed by atoms with van der Waals surface area (Å²) in [4.78, 5) is 16.1. The number of H-pyrrole nitrogens is 1. The Labute approximate surface area is 113 Å². The van der Waals surface area contributed by atoms with E-state index in [0.717, 1.165) is 30.8 Å². The molecule has 19 heavy (non-hydrogen) atoms. The number of rotatable bonds is 5. The Kier molecular flexibility index (Phi) is 3.87. The predicted octanol–water partition coefficient (Wildman–Crippen LogP) is 2.63. The zero-order chi connectivity index (χ0) is 13.9. The molecule has 0 aromatic carbocycles. The normalized spacial score (nSPS) is 11.8. The largest absolute Gasteiger partial charge is 0.368 e. The van der Waals surface area contributed by atoms with Crippen LogP contribution in [0.2, 0.25) is 0 Å². The van der Waals surface area contributed by atoms with Gasteiger partial charge in [-0.1, -0.05) is 20.8 Å². The Morgan fingerprint density at radius 2 is 2.00 bits per heavy atom. The molecular formula is C13H22N6. The van der Waals surface area contributed by atoms with Gasteiger partial charge >= 0.3 is 0 Å². The van der Waals surface area contributed by atoms with Crippen molar-refractivity contribution in [1.29, 1.82) is 0 Å². The van der Waals surface area contributed by atoms with Crippen LogP contribution in [0.5, 0.6) is 0 Å². The van der Waals surface area contributed by atoms with E-state index in [9.17, 15) is 0 Å². The van der Waals surface area contributed by atoms with E-state index >= 15 is 0 Å². The summed E-state index contributed by atoms with van der Waals surface area (Å²) in [5, 5.41) is 6.49. The van der Waals surface area contributed by atoms with Gasteiger partial charge in [-0.15, -0.1) is 0 Å². The van der Waals surface area contributed by atoms with Gasteiger partial charge in [-0.05, 0) is 18.8 Å². The van der Waals surface area contributed by atoms with Crippen molar-refractivity contribution in [3.8, 4) is 0 Å². The summed E-state index contributed by atoms with van der Waals surface area (Å²) >= 11 is 0. The van der Waals surface area contributed by atoms with Gasteiger partial charge in [0, 0.05) is 13.1 Å². The maximum atomic E-state index is 4.48. The molecular weight excluding hydrogens is 240 g/mol. The molecule has 6 heteroatoms. The first-order chi connectivity index (χ1) is 8.99. The van der Waals surface area contributed by atoms with Crippen molar-refractivity contribution in [2.75, 3.05) is 23.7 Å². The fraction of sp³-hybridized carbons (Fsp3) is 0.615. The first-order valence-electron chi connectivity index (χ1n) is 6.68. The van der Waals surface area contributed by atoms with E-state index < -0.39 is 0 Å². The Bertz CT molecular complexity index is 540. The van der Waals surface area contributed by atoms with Gasteiger partial charge in [0.2, 0.25) is 5.95 Å². The second-order valence-electron chi connectivity index (χ2n) is 5.76. The lowest BCUT2D eigenvalue weighted by molar-refractivity contribution is 0.389. The topological polar surface area (TPSA) is 78.5 Å².